The Labute approximate surface area is 98.6 Å². The number of hydrogen-bond acceptors (Lipinski definition) is 4. The van der Waals surface area contributed by atoms with Gasteiger partial charge in [-0.05, 0) is 26.7 Å². The van der Waals surface area contributed by atoms with Crippen LogP contribution in [0.3, 0.4) is 0 Å². The van der Waals surface area contributed by atoms with Crippen LogP contribution in [0.5, 0.6) is 0 Å². The third-order valence-electron chi connectivity index (χ3n) is 2.20. The van der Waals surface area contributed by atoms with Gasteiger partial charge in [0, 0.05) is 13.2 Å². The van der Waals surface area contributed by atoms with E-state index in [2.05, 4.69) is 0 Å². The van der Waals surface area contributed by atoms with E-state index in [0.717, 1.165) is 38.9 Å². The maximum absolute atomic E-state index is 8.94. The van der Waals surface area contributed by atoms with Crippen molar-refractivity contribution in [1.82, 2.24) is 0 Å². The normalized spacial score (nSPS) is 15.0. The van der Waals surface area contributed by atoms with Crippen LogP contribution in [0.1, 0.15) is 39.5 Å². The molecule has 0 aliphatic heterocycles. The maximum Gasteiger partial charge on any atom is 0.0777 e. The molecule has 0 bridgehead atoms. The highest BCUT2D eigenvalue weighted by Crippen LogP contribution is 2.02. The highest BCUT2D eigenvalue weighted by Gasteiger charge is 1.98. The van der Waals surface area contributed by atoms with Crippen molar-refractivity contribution in [2.45, 2.75) is 51.7 Å². The van der Waals surface area contributed by atoms with Gasteiger partial charge < -0.3 is 19.7 Å². The first-order valence-electron chi connectivity index (χ1n) is 6.15. The van der Waals surface area contributed by atoms with Crippen molar-refractivity contribution in [3.05, 3.63) is 0 Å². The van der Waals surface area contributed by atoms with Crippen LogP contribution in [-0.2, 0) is 9.47 Å². The molecular formula is C12H26O4. The van der Waals surface area contributed by atoms with Gasteiger partial charge in [-0.3, -0.25) is 0 Å². The fourth-order valence-corrected chi connectivity index (χ4v) is 1.25. The zero-order valence-electron chi connectivity index (χ0n) is 10.5. The van der Waals surface area contributed by atoms with E-state index in [4.69, 9.17) is 19.7 Å². The van der Waals surface area contributed by atoms with Crippen molar-refractivity contribution in [1.29, 1.82) is 0 Å². The molecule has 2 unspecified atom stereocenters. The fourth-order valence-electron chi connectivity index (χ4n) is 1.25. The summed E-state index contributed by atoms with van der Waals surface area (Å²) in [5.74, 6) is 0. The van der Waals surface area contributed by atoms with E-state index in [1.54, 1.807) is 6.92 Å². The molecule has 0 aromatic heterocycles. The maximum atomic E-state index is 8.94. The summed E-state index contributed by atoms with van der Waals surface area (Å²) in [6, 6.07) is 0. The van der Waals surface area contributed by atoms with Crippen LogP contribution >= 0.6 is 0 Å². The Balaban J connectivity index is 2.99. The van der Waals surface area contributed by atoms with Crippen molar-refractivity contribution in [2.24, 2.45) is 0 Å². The molecule has 0 fully saturated rings. The second-order valence-electron chi connectivity index (χ2n) is 4.20. The molecule has 98 valence electrons. The van der Waals surface area contributed by atoms with E-state index >= 15 is 0 Å². The summed E-state index contributed by atoms with van der Waals surface area (Å²) in [6.07, 6.45) is 3.89. The van der Waals surface area contributed by atoms with Crippen LogP contribution < -0.4 is 0 Å². The molecule has 0 aromatic carbocycles. The van der Waals surface area contributed by atoms with Crippen molar-refractivity contribution in [3.8, 4) is 0 Å². The van der Waals surface area contributed by atoms with E-state index in [9.17, 15) is 0 Å². The molecule has 0 radical (unpaired) electrons. The minimum atomic E-state index is -0.367. The second-order valence-corrected chi connectivity index (χ2v) is 4.20. The average molecular weight is 234 g/mol. The molecule has 0 aliphatic carbocycles. The molecular weight excluding hydrogens is 208 g/mol. The molecule has 0 heterocycles. The molecule has 2 N–H and O–H groups in total. The average Bonchev–Trinajstić information content (AvgIpc) is 2.26. The minimum absolute atomic E-state index is 0.0469. The zero-order valence-corrected chi connectivity index (χ0v) is 10.5. The van der Waals surface area contributed by atoms with Gasteiger partial charge in [-0.1, -0.05) is 12.8 Å². The van der Waals surface area contributed by atoms with Crippen molar-refractivity contribution in [2.75, 3.05) is 26.4 Å². The van der Waals surface area contributed by atoms with Crippen molar-refractivity contribution >= 4 is 0 Å². The third-order valence-corrected chi connectivity index (χ3v) is 2.20. The minimum Gasteiger partial charge on any atom is -0.394 e. The van der Waals surface area contributed by atoms with Crippen LogP contribution in [0.15, 0.2) is 0 Å². The van der Waals surface area contributed by atoms with Crippen LogP contribution in [-0.4, -0.2) is 48.8 Å². The SMILES string of the molecule is CC(O)COCCCCCCOC(C)CO. The van der Waals surface area contributed by atoms with Gasteiger partial charge in [-0.25, -0.2) is 0 Å². The Hall–Kier alpha value is -0.160. The number of hydrogen-bond donors (Lipinski definition) is 2. The number of aliphatic hydroxyl groups is 2. The highest BCUT2D eigenvalue weighted by atomic mass is 16.5. The smallest absolute Gasteiger partial charge is 0.0777 e. The Morgan fingerprint density at radius 1 is 1.00 bits per heavy atom. The van der Waals surface area contributed by atoms with Gasteiger partial charge in [0.25, 0.3) is 0 Å². The Kier molecular flexibility index (Phi) is 11.2. The Morgan fingerprint density at radius 2 is 1.62 bits per heavy atom. The first kappa shape index (κ1) is 15.8. The lowest BCUT2D eigenvalue weighted by atomic mass is 10.2. The molecule has 0 saturated carbocycles. The molecule has 0 spiro atoms. The van der Waals surface area contributed by atoms with E-state index in [1.807, 2.05) is 6.92 Å². The van der Waals surface area contributed by atoms with Gasteiger partial charge in [-0.15, -0.1) is 0 Å². The number of unbranched alkanes of at least 4 members (excludes halogenated alkanes) is 3. The van der Waals surface area contributed by atoms with E-state index < -0.39 is 0 Å². The zero-order chi connectivity index (χ0) is 12.2. The van der Waals surface area contributed by atoms with Crippen LogP contribution in [0.25, 0.3) is 0 Å². The van der Waals surface area contributed by atoms with Gasteiger partial charge in [0.15, 0.2) is 0 Å². The van der Waals surface area contributed by atoms with Crippen LogP contribution in [0, 0.1) is 0 Å². The first-order valence-corrected chi connectivity index (χ1v) is 6.15. The molecule has 4 heteroatoms. The Bertz CT molecular complexity index is 139. The van der Waals surface area contributed by atoms with Crippen molar-refractivity contribution < 1.29 is 19.7 Å². The molecule has 16 heavy (non-hydrogen) atoms. The lowest BCUT2D eigenvalue weighted by molar-refractivity contribution is 0.0223. The van der Waals surface area contributed by atoms with Gasteiger partial charge in [0.1, 0.15) is 0 Å². The summed E-state index contributed by atoms with van der Waals surface area (Å²) in [4.78, 5) is 0. The lowest BCUT2D eigenvalue weighted by Crippen LogP contribution is -2.13. The van der Waals surface area contributed by atoms with Crippen LogP contribution in [0.4, 0.5) is 0 Å². The molecule has 4 nitrogen and oxygen atoms in total. The van der Waals surface area contributed by atoms with E-state index in [0.29, 0.717) is 6.61 Å². The van der Waals surface area contributed by atoms with E-state index in [1.165, 1.54) is 0 Å². The number of ether oxygens (including phenoxy) is 2. The molecule has 0 amide bonds. The highest BCUT2D eigenvalue weighted by molar-refractivity contribution is 4.47. The topological polar surface area (TPSA) is 58.9 Å². The summed E-state index contributed by atoms with van der Waals surface area (Å²) >= 11 is 0. The van der Waals surface area contributed by atoms with Gasteiger partial charge in [0.2, 0.25) is 0 Å². The fraction of sp³-hybridized carbons (Fsp3) is 1.00. The second kappa shape index (κ2) is 11.3. The predicted molar refractivity (Wildman–Crippen MR) is 63.5 cm³/mol. The monoisotopic (exact) mass is 234 g/mol. The molecule has 0 aliphatic rings. The Morgan fingerprint density at radius 3 is 2.19 bits per heavy atom. The molecule has 0 saturated heterocycles. The van der Waals surface area contributed by atoms with E-state index in [-0.39, 0.29) is 18.8 Å². The molecule has 2 atom stereocenters. The largest absolute Gasteiger partial charge is 0.394 e. The van der Waals surface area contributed by atoms with Gasteiger partial charge in [0.05, 0.1) is 25.4 Å². The predicted octanol–water partition coefficient (Wildman–Crippen LogP) is 1.34. The number of rotatable bonds is 11. The van der Waals surface area contributed by atoms with Gasteiger partial charge in [-0.2, -0.15) is 0 Å². The summed E-state index contributed by atoms with van der Waals surface area (Å²) in [6.45, 7) is 5.54. The van der Waals surface area contributed by atoms with Gasteiger partial charge >= 0.3 is 0 Å². The summed E-state index contributed by atoms with van der Waals surface area (Å²) in [5.41, 5.74) is 0. The summed E-state index contributed by atoms with van der Waals surface area (Å²) < 4.78 is 10.6. The standard InChI is InChI=1S/C12H26O4/c1-11(14)10-15-7-5-3-4-6-8-16-12(2)9-13/h11-14H,3-10H2,1-2H3. The lowest BCUT2D eigenvalue weighted by Gasteiger charge is -2.09. The first-order chi connectivity index (χ1) is 7.66. The third kappa shape index (κ3) is 11.9. The number of aliphatic hydroxyl groups excluding tert-OH is 2. The van der Waals surface area contributed by atoms with Crippen molar-refractivity contribution in [3.63, 3.8) is 0 Å². The summed E-state index contributed by atoms with van der Waals surface area (Å²) in [5, 5.41) is 17.7. The van der Waals surface area contributed by atoms with Crippen LogP contribution in [0.2, 0.25) is 0 Å². The molecule has 0 rings (SSSR count). The quantitative estimate of drug-likeness (QED) is 0.530. The molecule has 0 aromatic rings. The summed E-state index contributed by atoms with van der Waals surface area (Å²) in [7, 11) is 0.